The van der Waals surface area contributed by atoms with E-state index in [1.54, 1.807) is 6.08 Å². The molecule has 0 aromatic carbocycles. The van der Waals surface area contributed by atoms with Crippen molar-refractivity contribution in [2.45, 2.75) is 109 Å². The molecule has 2 aliphatic rings. The van der Waals surface area contributed by atoms with Gasteiger partial charge in [-0.2, -0.15) is 5.26 Å². The van der Waals surface area contributed by atoms with Crippen LogP contribution in [0.2, 0.25) is 0 Å². The molecule has 0 N–H and O–H groups in total. The highest BCUT2D eigenvalue weighted by molar-refractivity contribution is 5.72. The Morgan fingerprint density at radius 3 is 2.31 bits per heavy atom. The summed E-state index contributed by atoms with van der Waals surface area (Å²) in [5.41, 5.74) is 0. The number of hydrogen-bond donors (Lipinski definition) is 0. The highest BCUT2D eigenvalue weighted by Gasteiger charge is 2.30. The predicted octanol–water partition coefficient (Wildman–Crippen LogP) is 7.28. The summed E-state index contributed by atoms with van der Waals surface area (Å²) in [5, 5.41) is 8.45. The Bertz CT molecular complexity index is 544. The first kappa shape index (κ1) is 23.7. The van der Waals surface area contributed by atoms with Crippen molar-refractivity contribution in [2.24, 2.45) is 17.8 Å². The molecule has 3 heteroatoms. The zero-order valence-corrected chi connectivity index (χ0v) is 18.5. The minimum absolute atomic E-state index is 0.0881. The van der Waals surface area contributed by atoms with Crippen molar-refractivity contribution in [3.05, 3.63) is 24.3 Å². The van der Waals surface area contributed by atoms with E-state index in [1.165, 1.54) is 70.3 Å². The topological polar surface area (TPSA) is 50.1 Å². The van der Waals surface area contributed by atoms with Gasteiger partial charge in [-0.15, -0.1) is 0 Å². The molecule has 0 unspecified atom stereocenters. The number of rotatable bonds is 11. The third-order valence-corrected chi connectivity index (χ3v) is 6.88. The van der Waals surface area contributed by atoms with Gasteiger partial charge in [-0.3, -0.25) is 4.79 Å². The van der Waals surface area contributed by atoms with Gasteiger partial charge in [-0.05, 0) is 76.0 Å². The first-order valence-electron chi connectivity index (χ1n) is 12.1. The molecule has 0 aromatic rings. The van der Waals surface area contributed by atoms with Crippen LogP contribution in [0.1, 0.15) is 103 Å². The van der Waals surface area contributed by atoms with Crippen molar-refractivity contribution in [2.75, 3.05) is 0 Å². The fourth-order valence-corrected chi connectivity index (χ4v) is 4.95. The van der Waals surface area contributed by atoms with E-state index in [0.717, 1.165) is 43.9 Å². The summed E-state index contributed by atoms with van der Waals surface area (Å²) in [7, 11) is 0. The highest BCUT2D eigenvalue weighted by Crippen LogP contribution is 2.34. The number of hydrogen-bond acceptors (Lipinski definition) is 3. The van der Waals surface area contributed by atoms with Crippen LogP contribution in [0, 0.1) is 29.1 Å². The van der Waals surface area contributed by atoms with Gasteiger partial charge in [0, 0.05) is 6.08 Å². The van der Waals surface area contributed by atoms with Gasteiger partial charge >= 0.3 is 5.97 Å². The second kappa shape index (κ2) is 14.4. The minimum Gasteiger partial charge on any atom is -0.462 e. The van der Waals surface area contributed by atoms with Gasteiger partial charge in [-0.25, -0.2) is 0 Å². The van der Waals surface area contributed by atoms with Gasteiger partial charge in [0.1, 0.15) is 6.10 Å². The van der Waals surface area contributed by atoms with Crippen LogP contribution >= 0.6 is 0 Å². The number of carbonyl (C=O) groups excluding carboxylic acids is 1. The molecule has 3 nitrogen and oxygen atoms in total. The molecule has 2 aliphatic carbocycles. The number of carbonyl (C=O) groups is 1. The first-order chi connectivity index (χ1) is 14.2. The molecule has 0 amide bonds. The zero-order chi connectivity index (χ0) is 20.7. The van der Waals surface area contributed by atoms with Crippen LogP contribution in [0.5, 0.6) is 0 Å². The molecule has 29 heavy (non-hydrogen) atoms. The summed E-state index contributed by atoms with van der Waals surface area (Å²) in [4.78, 5) is 12.6. The summed E-state index contributed by atoms with van der Waals surface area (Å²) in [6.45, 7) is 2.26. The van der Waals surface area contributed by atoms with E-state index in [4.69, 9.17) is 10.00 Å². The summed E-state index contributed by atoms with van der Waals surface area (Å²) < 4.78 is 5.90. The van der Waals surface area contributed by atoms with Crippen molar-refractivity contribution in [1.29, 1.82) is 5.26 Å². The standard InChI is InChI=1S/C26H41NO2/c1-2-3-4-8-11-22-13-17-24(18-14-22)26(28)29-25-19-15-23(16-20-25)12-9-6-5-7-10-21-27/h5-7,10,22-25H,2-4,8-9,11-20H2,1H3. The Balaban J connectivity index is 1.56. The number of nitriles is 1. The van der Waals surface area contributed by atoms with E-state index in [1.807, 2.05) is 12.1 Å². The maximum atomic E-state index is 12.6. The second-order valence-electron chi connectivity index (χ2n) is 9.14. The second-order valence-corrected chi connectivity index (χ2v) is 9.14. The van der Waals surface area contributed by atoms with E-state index in [9.17, 15) is 4.79 Å². The van der Waals surface area contributed by atoms with Crippen LogP contribution in [0.25, 0.3) is 0 Å². The van der Waals surface area contributed by atoms with Crippen LogP contribution in [0.3, 0.4) is 0 Å². The van der Waals surface area contributed by atoms with Gasteiger partial charge in [0.05, 0.1) is 12.0 Å². The molecule has 162 valence electrons. The van der Waals surface area contributed by atoms with Crippen molar-refractivity contribution < 1.29 is 9.53 Å². The summed E-state index contributed by atoms with van der Waals surface area (Å²) >= 11 is 0. The maximum absolute atomic E-state index is 12.6. The summed E-state index contributed by atoms with van der Waals surface area (Å²) in [6.07, 6.45) is 25.5. The predicted molar refractivity (Wildman–Crippen MR) is 119 cm³/mol. The normalized spacial score (nSPS) is 27.9. The lowest BCUT2D eigenvalue weighted by atomic mass is 9.79. The van der Waals surface area contributed by atoms with E-state index < -0.39 is 0 Å². The van der Waals surface area contributed by atoms with E-state index in [2.05, 4.69) is 13.0 Å². The molecule has 0 bridgehead atoms. The number of esters is 1. The van der Waals surface area contributed by atoms with Crippen LogP contribution in [-0.2, 0) is 9.53 Å². The fourth-order valence-electron chi connectivity index (χ4n) is 4.95. The molecule has 0 aliphatic heterocycles. The van der Waals surface area contributed by atoms with Crippen LogP contribution < -0.4 is 0 Å². The number of nitrogens with zero attached hydrogens (tertiary/aromatic N) is 1. The third-order valence-electron chi connectivity index (χ3n) is 6.88. The Hall–Kier alpha value is -1.56. The molecular weight excluding hydrogens is 358 g/mol. The van der Waals surface area contributed by atoms with Crippen LogP contribution in [-0.4, -0.2) is 12.1 Å². The van der Waals surface area contributed by atoms with Crippen molar-refractivity contribution >= 4 is 5.97 Å². The maximum Gasteiger partial charge on any atom is 0.309 e. The molecule has 0 radical (unpaired) electrons. The van der Waals surface area contributed by atoms with Crippen LogP contribution in [0.4, 0.5) is 0 Å². The van der Waals surface area contributed by atoms with Gasteiger partial charge in [0.25, 0.3) is 0 Å². The van der Waals surface area contributed by atoms with E-state index in [-0.39, 0.29) is 18.0 Å². The number of ether oxygens (including phenoxy) is 1. The highest BCUT2D eigenvalue weighted by atomic mass is 16.5. The molecule has 0 aromatic heterocycles. The van der Waals surface area contributed by atoms with Gasteiger partial charge < -0.3 is 4.74 Å². The van der Waals surface area contributed by atoms with Gasteiger partial charge in [0.15, 0.2) is 0 Å². The lowest BCUT2D eigenvalue weighted by Gasteiger charge is -2.31. The third kappa shape index (κ3) is 9.66. The summed E-state index contributed by atoms with van der Waals surface area (Å²) in [6, 6.07) is 1.99. The largest absolute Gasteiger partial charge is 0.462 e. The van der Waals surface area contributed by atoms with Gasteiger partial charge in [-0.1, -0.05) is 57.3 Å². The fraction of sp³-hybridized carbons (Fsp3) is 0.769. The SMILES string of the molecule is CCCCCCC1CCC(C(=O)OC2CCC(CCC=CC=CC#N)CC2)CC1. The van der Waals surface area contributed by atoms with E-state index in [0.29, 0.717) is 0 Å². The molecule has 0 heterocycles. The molecule has 0 saturated heterocycles. The van der Waals surface area contributed by atoms with Crippen LogP contribution in [0.15, 0.2) is 24.3 Å². The molecule has 0 atom stereocenters. The monoisotopic (exact) mass is 399 g/mol. The van der Waals surface area contributed by atoms with E-state index >= 15 is 0 Å². The molecular formula is C26H41NO2. The lowest BCUT2D eigenvalue weighted by Crippen LogP contribution is -2.30. The number of allylic oxidation sites excluding steroid dienone is 4. The Labute approximate surface area is 178 Å². The Morgan fingerprint density at radius 1 is 0.931 bits per heavy atom. The number of unbranched alkanes of at least 4 members (excludes halogenated alkanes) is 3. The average molecular weight is 400 g/mol. The smallest absolute Gasteiger partial charge is 0.309 e. The van der Waals surface area contributed by atoms with Crippen molar-refractivity contribution in [3.63, 3.8) is 0 Å². The quantitative estimate of drug-likeness (QED) is 0.159. The first-order valence-corrected chi connectivity index (χ1v) is 12.1. The van der Waals surface area contributed by atoms with Crippen molar-refractivity contribution in [1.82, 2.24) is 0 Å². The molecule has 2 rings (SSSR count). The van der Waals surface area contributed by atoms with Gasteiger partial charge in [0.2, 0.25) is 0 Å². The Kier molecular flexibility index (Phi) is 11.8. The average Bonchev–Trinajstić information content (AvgIpc) is 2.75. The molecule has 2 fully saturated rings. The summed E-state index contributed by atoms with van der Waals surface area (Å²) in [5.74, 6) is 1.84. The van der Waals surface area contributed by atoms with Crippen molar-refractivity contribution in [3.8, 4) is 6.07 Å². The Morgan fingerprint density at radius 2 is 1.62 bits per heavy atom. The molecule has 2 saturated carbocycles. The minimum atomic E-state index is 0.0881. The lowest BCUT2D eigenvalue weighted by molar-refractivity contribution is -0.157. The zero-order valence-electron chi connectivity index (χ0n) is 18.5. The molecule has 0 spiro atoms.